The lowest BCUT2D eigenvalue weighted by molar-refractivity contribution is -0.140. The molecule has 0 atom stereocenters. The third kappa shape index (κ3) is 7.09. The van der Waals surface area contributed by atoms with Gasteiger partial charge in [0.2, 0.25) is 0 Å². The fourth-order valence-electron chi connectivity index (χ4n) is 3.35. The van der Waals surface area contributed by atoms with E-state index in [4.69, 9.17) is 14.5 Å². The molecule has 176 valence electrons. The highest BCUT2D eigenvalue weighted by atomic mass is 32.1. The van der Waals surface area contributed by atoms with Gasteiger partial charge in [0.05, 0.1) is 17.7 Å². The van der Waals surface area contributed by atoms with Gasteiger partial charge in [-0.15, -0.1) is 11.3 Å². The van der Waals surface area contributed by atoms with E-state index < -0.39 is 5.92 Å². The van der Waals surface area contributed by atoms with E-state index in [1.165, 1.54) is 30.6 Å². The van der Waals surface area contributed by atoms with Gasteiger partial charge in [0.1, 0.15) is 17.4 Å². The molecule has 7 heteroatoms. The maximum atomic E-state index is 13.5. The molecule has 0 N–H and O–H groups in total. The molecule has 1 aromatic heterocycles. The maximum Gasteiger partial charge on any atom is 0.305 e. The Morgan fingerprint density at radius 2 is 1.88 bits per heavy atom. The highest BCUT2D eigenvalue weighted by Gasteiger charge is 2.24. The average Bonchev–Trinajstić information content (AvgIpc) is 3.22. The number of aryl methyl sites for hydroxylation is 2. The molecular formula is C26H29F2NO3S. The molecular weight excluding hydrogens is 444 g/mol. The second-order valence-electron chi connectivity index (χ2n) is 7.97. The minimum Gasteiger partial charge on any atom is -0.488 e. The van der Waals surface area contributed by atoms with Crippen molar-refractivity contribution in [3.63, 3.8) is 0 Å². The predicted molar refractivity (Wildman–Crippen MR) is 127 cm³/mol. The molecule has 0 amide bonds. The molecule has 4 nitrogen and oxygen atoms in total. The smallest absolute Gasteiger partial charge is 0.305 e. The van der Waals surface area contributed by atoms with Crippen molar-refractivity contribution in [1.82, 2.24) is 4.98 Å². The molecule has 0 radical (unpaired) electrons. The molecule has 0 bridgehead atoms. The second kappa shape index (κ2) is 11.4. The van der Waals surface area contributed by atoms with E-state index in [0.717, 1.165) is 58.6 Å². The van der Waals surface area contributed by atoms with Crippen molar-refractivity contribution in [1.29, 1.82) is 0 Å². The average molecular weight is 474 g/mol. The minimum atomic E-state index is -2.86. The third-order valence-electron chi connectivity index (χ3n) is 5.30. The van der Waals surface area contributed by atoms with Crippen LogP contribution in [0, 0.1) is 0 Å². The van der Waals surface area contributed by atoms with Crippen LogP contribution < -0.4 is 4.74 Å². The quantitative estimate of drug-likeness (QED) is 0.283. The maximum absolute atomic E-state index is 13.5. The van der Waals surface area contributed by atoms with Crippen LogP contribution in [0.3, 0.4) is 0 Å². The number of nitrogens with zero attached hydrogens (tertiary/aromatic N) is 1. The van der Waals surface area contributed by atoms with Crippen LogP contribution in [0.4, 0.5) is 8.78 Å². The molecule has 0 aliphatic carbocycles. The zero-order valence-electron chi connectivity index (χ0n) is 19.2. The number of rotatable bonds is 11. The number of carbonyl (C=O) groups excluding carboxylic acids is 1. The standard InChI is InChI=1S/C26H29F2NO3S/c1-4-5-9-22-23(17-32-21-8-6-7-18(16-21)10-15-24(30)31-3)33-25(29-22)19-11-13-20(14-12-19)26(2,27)28/h6-8,11-14,16H,4-5,9-10,15,17H2,1-3H3. The van der Waals surface area contributed by atoms with Gasteiger partial charge in [-0.3, -0.25) is 4.79 Å². The van der Waals surface area contributed by atoms with E-state index in [9.17, 15) is 13.6 Å². The molecule has 1 heterocycles. The Hall–Kier alpha value is -2.80. The molecule has 0 saturated carbocycles. The molecule has 0 aliphatic heterocycles. The van der Waals surface area contributed by atoms with Crippen molar-refractivity contribution < 1.29 is 23.0 Å². The van der Waals surface area contributed by atoms with Gasteiger partial charge < -0.3 is 9.47 Å². The van der Waals surface area contributed by atoms with Crippen LogP contribution in [0.15, 0.2) is 48.5 Å². The lowest BCUT2D eigenvalue weighted by atomic mass is 10.1. The number of esters is 1. The Labute approximate surface area is 197 Å². The van der Waals surface area contributed by atoms with Crippen molar-refractivity contribution in [2.45, 2.75) is 58.5 Å². The van der Waals surface area contributed by atoms with E-state index in [1.54, 1.807) is 12.1 Å². The Kier molecular flexibility index (Phi) is 8.55. The number of ether oxygens (including phenoxy) is 2. The number of benzene rings is 2. The number of carbonyl (C=O) groups is 1. The molecule has 33 heavy (non-hydrogen) atoms. The molecule has 0 aliphatic rings. The number of aromatic nitrogens is 1. The monoisotopic (exact) mass is 473 g/mol. The van der Waals surface area contributed by atoms with Crippen LogP contribution in [0.25, 0.3) is 10.6 Å². The second-order valence-corrected chi connectivity index (χ2v) is 9.05. The molecule has 0 spiro atoms. The number of alkyl halides is 2. The van der Waals surface area contributed by atoms with Crippen molar-refractivity contribution in [2.24, 2.45) is 0 Å². The van der Waals surface area contributed by atoms with E-state index in [-0.39, 0.29) is 11.5 Å². The summed E-state index contributed by atoms with van der Waals surface area (Å²) in [6.07, 6.45) is 3.82. The SMILES string of the molecule is CCCCc1nc(-c2ccc(C(C)(F)F)cc2)sc1COc1cccc(CCC(=O)OC)c1. The summed E-state index contributed by atoms with van der Waals surface area (Å²) in [5.41, 5.74) is 2.80. The number of unbranched alkanes of at least 4 members (excludes halogenated alkanes) is 1. The summed E-state index contributed by atoms with van der Waals surface area (Å²) in [6.45, 7) is 3.41. The summed E-state index contributed by atoms with van der Waals surface area (Å²) in [5, 5.41) is 0.803. The predicted octanol–water partition coefficient (Wildman–Crippen LogP) is 6.95. The van der Waals surface area contributed by atoms with Gasteiger partial charge in [0.25, 0.3) is 5.92 Å². The van der Waals surface area contributed by atoms with E-state index >= 15 is 0 Å². The van der Waals surface area contributed by atoms with Crippen molar-refractivity contribution in [2.75, 3.05) is 7.11 Å². The van der Waals surface area contributed by atoms with Crippen LogP contribution in [0.2, 0.25) is 0 Å². The molecule has 3 rings (SSSR count). The fraction of sp³-hybridized carbons (Fsp3) is 0.385. The molecule has 0 saturated heterocycles. The minimum absolute atomic E-state index is 0.00958. The van der Waals surface area contributed by atoms with Crippen LogP contribution in [-0.4, -0.2) is 18.1 Å². The zero-order chi connectivity index (χ0) is 23.8. The highest BCUT2D eigenvalue weighted by Crippen LogP contribution is 2.33. The van der Waals surface area contributed by atoms with Crippen LogP contribution in [-0.2, 0) is 34.9 Å². The number of halogens is 2. The first-order valence-electron chi connectivity index (χ1n) is 11.1. The summed E-state index contributed by atoms with van der Waals surface area (Å²) in [4.78, 5) is 17.2. The first kappa shape index (κ1) is 24.8. The molecule has 0 unspecified atom stereocenters. The lowest BCUT2D eigenvalue weighted by Crippen LogP contribution is -2.06. The largest absolute Gasteiger partial charge is 0.488 e. The first-order valence-corrected chi connectivity index (χ1v) is 11.9. The number of hydrogen-bond acceptors (Lipinski definition) is 5. The van der Waals surface area contributed by atoms with Gasteiger partial charge in [0, 0.05) is 24.5 Å². The molecule has 3 aromatic rings. The van der Waals surface area contributed by atoms with Crippen LogP contribution >= 0.6 is 11.3 Å². The summed E-state index contributed by atoms with van der Waals surface area (Å²) in [5.74, 6) is -2.38. The van der Waals surface area contributed by atoms with Crippen molar-refractivity contribution >= 4 is 17.3 Å². The van der Waals surface area contributed by atoms with Gasteiger partial charge in [-0.25, -0.2) is 13.8 Å². The third-order valence-corrected chi connectivity index (χ3v) is 6.42. The van der Waals surface area contributed by atoms with E-state index in [1.807, 2.05) is 24.3 Å². The Morgan fingerprint density at radius 1 is 1.12 bits per heavy atom. The van der Waals surface area contributed by atoms with E-state index in [2.05, 4.69) is 6.92 Å². The van der Waals surface area contributed by atoms with Gasteiger partial charge in [-0.05, 0) is 37.0 Å². The van der Waals surface area contributed by atoms with E-state index in [0.29, 0.717) is 19.4 Å². The van der Waals surface area contributed by atoms with Crippen molar-refractivity contribution in [3.8, 4) is 16.3 Å². The molecule has 0 fully saturated rings. The normalized spacial score (nSPS) is 11.4. The topological polar surface area (TPSA) is 48.4 Å². The zero-order valence-corrected chi connectivity index (χ0v) is 20.0. The highest BCUT2D eigenvalue weighted by molar-refractivity contribution is 7.15. The van der Waals surface area contributed by atoms with Gasteiger partial charge in [-0.1, -0.05) is 49.7 Å². The van der Waals surface area contributed by atoms with Gasteiger partial charge in [-0.2, -0.15) is 0 Å². The van der Waals surface area contributed by atoms with Crippen LogP contribution in [0.5, 0.6) is 5.75 Å². The molecule has 2 aromatic carbocycles. The number of methoxy groups -OCH3 is 1. The summed E-state index contributed by atoms with van der Waals surface area (Å²) in [6, 6.07) is 14.0. The van der Waals surface area contributed by atoms with Crippen molar-refractivity contribution in [3.05, 3.63) is 70.2 Å². The summed E-state index contributed by atoms with van der Waals surface area (Å²) < 4.78 is 37.8. The number of hydrogen-bond donors (Lipinski definition) is 0. The van der Waals surface area contributed by atoms with Crippen LogP contribution in [0.1, 0.15) is 54.8 Å². The van der Waals surface area contributed by atoms with Gasteiger partial charge >= 0.3 is 5.97 Å². The summed E-state index contributed by atoms with van der Waals surface area (Å²) in [7, 11) is 1.38. The Bertz CT molecular complexity index is 1060. The summed E-state index contributed by atoms with van der Waals surface area (Å²) >= 11 is 1.53. The van der Waals surface area contributed by atoms with Gasteiger partial charge in [0.15, 0.2) is 0 Å². The number of thiazole rings is 1. The first-order chi connectivity index (χ1) is 15.8. The Balaban J connectivity index is 1.74. The fourth-order valence-corrected chi connectivity index (χ4v) is 4.38. The lowest BCUT2D eigenvalue weighted by Gasteiger charge is -2.10. The Morgan fingerprint density at radius 3 is 2.55 bits per heavy atom.